The molecule has 4 heteroatoms. The average Bonchev–Trinajstić information content (AvgIpc) is 2.47. The van der Waals surface area contributed by atoms with Crippen LogP contribution in [0, 0.1) is 5.92 Å². The second-order valence-corrected chi connectivity index (χ2v) is 5.69. The third-order valence-electron chi connectivity index (χ3n) is 4.08. The van der Waals surface area contributed by atoms with E-state index in [9.17, 15) is 0 Å². The van der Waals surface area contributed by atoms with Gasteiger partial charge in [0.05, 0.1) is 0 Å². The fraction of sp³-hybridized carbons (Fsp3) is 0.750. The predicted molar refractivity (Wildman–Crippen MR) is 82.2 cm³/mol. The first-order valence-corrected chi connectivity index (χ1v) is 7.97. The van der Waals surface area contributed by atoms with Gasteiger partial charge in [0, 0.05) is 19.5 Å². The van der Waals surface area contributed by atoms with Gasteiger partial charge < -0.3 is 10.1 Å². The Bertz CT molecular complexity index is 422. The van der Waals surface area contributed by atoms with Crippen molar-refractivity contribution in [2.45, 2.75) is 64.9 Å². The molecule has 2 unspecified atom stereocenters. The maximum absolute atomic E-state index is 6.13. The van der Waals surface area contributed by atoms with E-state index in [1.54, 1.807) is 0 Å². The lowest BCUT2D eigenvalue weighted by molar-refractivity contribution is 0.116. The molecule has 1 aromatic rings. The van der Waals surface area contributed by atoms with Crippen molar-refractivity contribution in [1.29, 1.82) is 0 Å². The molecule has 0 aromatic carbocycles. The van der Waals surface area contributed by atoms with Crippen LogP contribution < -0.4 is 10.1 Å². The summed E-state index contributed by atoms with van der Waals surface area (Å²) in [5.41, 5.74) is 0. The van der Waals surface area contributed by atoms with Crippen LogP contribution in [0.1, 0.15) is 58.2 Å². The summed E-state index contributed by atoms with van der Waals surface area (Å²) in [7, 11) is 1.88. The molecule has 20 heavy (non-hydrogen) atoms. The summed E-state index contributed by atoms with van der Waals surface area (Å²) in [6.07, 6.45) is 8.46. The van der Waals surface area contributed by atoms with E-state index >= 15 is 0 Å². The van der Waals surface area contributed by atoms with Crippen LogP contribution in [0.2, 0.25) is 0 Å². The van der Waals surface area contributed by atoms with Crippen LogP contribution in [0.3, 0.4) is 0 Å². The van der Waals surface area contributed by atoms with Gasteiger partial charge in [0.1, 0.15) is 17.7 Å². The normalized spacial score (nSPS) is 22.6. The highest BCUT2D eigenvalue weighted by atomic mass is 16.5. The highest BCUT2D eigenvalue weighted by molar-refractivity contribution is 5.37. The Balaban J connectivity index is 2.05. The molecule has 1 aliphatic rings. The molecule has 2 atom stereocenters. The fourth-order valence-corrected chi connectivity index (χ4v) is 2.89. The second-order valence-electron chi connectivity index (χ2n) is 5.69. The zero-order valence-corrected chi connectivity index (χ0v) is 13.0. The quantitative estimate of drug-likeness (QED) is 0.858. The Labute approximate surface area is 122 Å². The molecule has 1 fully saturated rings. The van der Waals surface area contributed by atoms with Crippen LogP contribution >= 0.6 is 0 Å². The lowest BCUT2D eigenvalue weighted by Gasteiger charge is -2.28. The molecule has 0 saturated heterocycles. The van der Waals surface area contributed by atoms with Crippen molar-refractivity contribution >= 4 is 5.82 Å². The number of nitrogens with zero attached hydrogens (tertiary/aromatic N) is 2. The number of rotatable bonds is 6. The summed E-state index contributed by atoms with van der Waals surface area (Å²) in [5, 5.41) is 3.09. The predicted octanol–water partition coefficient (Wildman–Crippen LogP) is 3.82. The van der Waals surface area contributed by atoms with Gasteiger partial charge in [-0.1, -0.05) is 26.7 Å². The van der Waals surface area contributed by atoms with E-state index < -0.39 is 0 Å². The van der Waals surface area contributed by atoms with Gasteiger partial charge in [-0.05, 0) is 31.6 Å². The Morgan fingerprint density at radius 1 is 1.30 bits per heavy atom. The number of anilines is 1. The third-order valence-corrected chi connectivity index (χ3v) is 4.08. The third kappa shape index (κ3) is 4.09. The van der Waals surface area contributed by atoms with Gasteiger partial charge in [-0.25, -0.2) is 4.98 Å². The first kappa shape index (κ1) is 15.1. The molecular formula is C16H27N3O. The SMILES string of the molecule is CCCc1nc(NC)cc(OC2CCCC(CC)C2)n1. The summed E-state index contributed by atoms with van der Waals surface area (Å²) >= 11 is 0. The molecule has 1 aromatic heterocycles. The standard InChI is InChI=1S/C16H27N3O/c1-4-7-14-18-15(17-3)11-16(19-14)20-13-9-6-8-12(5-2)10-13/h11-13H,4-10H2,1-3H3,(H,17,18,19). The number of nitrogens with one attached hydrogen (secondary N) is 1. The molecule has 112 valence electrons. The Morgan fingerprint density at radius 2 is 2.15 bits per heavy atom. The van der Waals surface area contributed by atoms with Crippen molar-refractivity contribution in [2.75, 3.05) is 12.4 Å². The van der Waals surface area contributed by atoms with Crippen LogP contribution in [0.15, 0.2) is 6.07 Å². The number of aromatic nitrogens is 2. The summed E-state index contributed by atoms with van der Waals surface area (Å²) in [6.45, 7) is 4.42. The molecule has 1 saturated carbocycles. The van der Waals surface area contributed by atoms with Gasteiger partial charge in [0.25, 0.3) is 0 Å². The number of hydrogen-bond acceptors (Lipinski definition) is 4. The highest BCUT2D eigenvalue weighted by Crippen LogP contribution is 2.29. The van der Waals surface area contributed by atoms with E-state index in [1.165, 1.54) is 25.7 Å². The van der Waals surface area contributed by atoms with E-state index in [-0.39, 0.29) is 0 Å². The van der Waals surface area contributed by atoms with Gasteiger partial charge >= 0.3 is 0 Å². The topological polar surface area (TPSA) is 47.0 Å². The van der Waals surface area contributed by atoms with Gasteiger partial charge in [0.15, 0.2) is 0 Å². The van der Waals surface area contributed by atoms with Crippen molar-refractivity contribution in [3.8, 4) is 5.88 Å². The van der Waals surface area contributed by atoms with Crippen molar-refractivity contribution in [3.05, 3.63) is 11.9 Å². The fourth-order valence-electron chi connectivity index (χ4n) is 2.89. The van der Waals surface area contributed by atoms with Crippen LogP contribution in [0.5, 0.6) is 5.88 Å². The molecule has 0 amide bonds. The molecule has 4 nitrogen and oxygen atoms in total. The van der Waals surface area contributed by atoms with E-state index in [1.807, 2.05) is 13.1 Å². The zero-order valence-electron chi connectivity index (χ0n) is 13.0. The number of hydrogen-bond donors (Lipinski definition) is 1. The maximum Gasteiger partial charge on any atom is 0.218 e. The molecule has 1 N–H and O–H groups in total. The lowest BCUT2D eigenvalue weighted by Crippen LogP contribution is -2.25. The zero-order chi connectivity index (χ0) is 14.4. The lowest BCUT2D eigenvalue weighted by atomic mass is 9.85. The summed E-state index contributed by atoms with van der Waals surface area (Å²) in [5.74, 6) is 3.27. The summed E-state index contributed by atoms with van der Waals surface area (Å²) in [6, 6.07) is 1.91. The first-order chi connectivity index (χ1) is 9.75. The molecule has 0 radical (unpaired) electrons. The van der Waals surface area contributed by atoms with Crippen LogP contribution in [0.25, 0.3) is 0 Å². The van der Waals surface area contributed by atoms with Crippen molar-refractivity contribution in [3.63, 3.8) is 0 Å². The van der Waals surface area contributed by atoms with E-state index in [4.69, 9.17) is 4.74 Å². The molecule has 0 bridgehead atoms. The van der Waals surface area contributed by atoms with Gasteiger partial charge in [0.2, 0.25) is 5.88 Å². The molecular weight excluding hydrogens is 250 g/mol. The highest BCUT2D eigenvalue weighted by Gasteiger charge is 2.22. The molecule has 0 aliphatic heterocycles. The minimum atomic E-state index is 0.322. The first-order valence-electron chi connectivity index (χ1n) is 7.97. The van der Waals surface area contributed by atoms with E-state index in [0.29, 0.717) is 6.10 Å². The molecule has 0 spiro atoms. The smallest absolute Gasteiger partial charge is 0.218 e. The number of ether oxygens (including phenoxy) is 1. The van der Waals surface area contributed by atoms with Crippen LogP contribution in [0.4, 0.5) is 5.82 Å². The van der Waals surface area contributed by atoms with Gasteiger partial charge in [-0.2, -0.15) is 4.98 Å². The Morgan fingerprint density at radius 3 is 2.85 bits per heavy atom. The van der Waals surface area contributed by atoms with E-state index in [0.717, 1.165) is 42.7 Å². The second kappa shape index (κ2) is 7.46. The molecule has 2 rings (SSSR count). The van der Waals surface area contributed by atoms with Gasteiger partial charge in [-0.15, -0.1) is 0 Å². The minimum absolute atomic E-state index is 0.322. The van der Waals surface area contributed by atoms with Crippen LogP contribution in [-0.2, 0) is 6.42 Å². The van der Waals surface area contributed by atoms with Crippen molar-refractivity contribution < 1.29 is 4.74 Å². The number of aryl methyl sites for hydroxylation is 1. The van der Waals surface area contributed by atoms with Gasteiger partial charge in [-0.3, -0.25) is 0 Å². The van der Waals surface area contributed by atoms with E-state index in [2.05, 4.69) is 29.1 Å². The summed E-state index contributed by atoms with van der Waals surface area (Å²) in [4.78, 5) is 9.01. The monoisotopic (exact) mass is 277 g/mol. The largest absolute Gasteiger partial charge is 0.474 e. The Kier molecular flexibility index (Phi) is 5.62. The molecule has 1 heterocycles. The molecule has 1 aliphatic carbocycles. The Hall–Kier alpha value is -1.32. The minimum Gasteiger partial charge on any atom is -0.474 e. The van der Waals surface area contributed by atoms with Crippen molar-refractivity contribution in [1.82, 2.24) is 9.97 Å². The van der Waals surface area contributed by atoms with Crippen LogP contribution in [-0.4, -0.2) is 23.1 Å². The van der Waals surface area contributed by atoms with Crippen molar-refractivity contribution in [2.24, 2.45) is 5.92 Å². The average molecular weight is 277 g/mol. The summed E-state index contributed by atoms with van der Waals surface area (Å²) < 4.78 is 6.13. The maximum atomic E-state index is 6.13.